The summed E-state index contributed by atoms with van der Waals surface area (Å²) >= 11 is 10.6. The summed E-state index contributed by atoms with van der Waals surface area (Å²) in [5.41, 5.74) is 2.00. The molecule has 0 aliphatic heterocycles. The molecule has 0 aliphatic carbocycles. The number of aryl methyl sites for hydroxylation is 1. The van der Waals surface area contributed by atoms with Gasteiger partial charge in [0.2, 0.25) is 0 Å². The summed E-state index contributed by atoms with van der Waals surface area (Å²) in [5.74, 6) is -0.367. The summed E-state index contributed by atoms with van der Waals surface area (Å²) in [5, 5.41) is 3.79. The molecule has 2 aromatic carbocycles. The maximum atomic E-state index is 12.7. The van der Waals surface area contributed by atoms with Crippen molar-refractivity contribution in [2.75, 3.05) is 18.5 Å². The first-order valence-electron chi connectivity index (χ1n) is 9.14. The highest BCUT2D eigenvalue weighted by Gasteiger charge is 2.25. The van der Waals surface area contributed by atoms with E-state index in [-0.39, 0.29) is 19.1 Å². The van der Waals surface area contributed by atoms with Gasteiger partial charge < -0.3 is 14.8 Å². The van der Waals surface area contributed by atoms with Crippen molar-refractivity contribution in [3.63, 3.8) is 0 Å². The van der Waals surface area contributed by atoms with Crippen LogP contribution in [0.15, 0.2) is 53.0 Å². The highest BCUT2D eigenvalue weighted by Crippen LogP contribution is 2.40. The number of thiophene rings is 1. The van der Waals surface area contributed by atoms with E-state index in [0.29, 0.717) is 25.8 Å². The average Bonchev–Trinajstić information content (AvgIpc) is 3.03. The molecule has 3 rings (SSSR count). The molecular weight excluding hydrogens is 490 g/mol. The monoisotopic (exact) mass is 507 g/mol. The third kappa shape index (κ3) is 5.22. The van der Waals surface area contributed by atoms with Gasteiger partial charge in [0.15, 0.2) is 6.61 Å². The molecule has 0 unspecified atom stereocenters. The van der Waals surface area contributed by atoms with Crippen molar-refractivity contribution in [1.82, 2.24) is 0 Å². The van der Waals surface area contributed by atoms with Crippen LogP contribution in [0.1, 0.15) is 22.2 Å². The van der Waals surface area contributed by atoms with Crippen LogP contribution in [0, 0.1) is 6.92 Å². The molecular formula is C22H19BrClNO4S. The summed E-state index contributed by atoms with van der Waals surface area (Å²) in [4.78, 5) is 26.1. The number of ether oxygens (including phenoxy) is 2. The fraction of sp³-hybridized carbons (Fsp3) is 0.182. The lowest BCUT2D eigenvalue weighted by Gasteiger charge is -2.10. The third-order valence-electron chi connectivity index (χ3n) is 4.13. The smallest absolute Gasteiger partial charge is 0.341 e. The van der Waals surface area contributed by atoms with E-state index < -0.39 is 5.97 Å². The second-order valence-corrected chi connectivity index (χ2v) is 8.75. The number of benzene rings is 2. The molecule has 30 heavy (non-hydrogen) atoms. The fourth-order valence-corrected chi connectivity index (χ4v) is 4.76. The maximum Gasteiger partial charge on any atom is 0.341 e. The highest BCUT2D eigenvalue weighted by atomic mass is 79.9. The molecule has 0 spiro atoms. The van der Waals surface area contributed by atoms with Gasteiger partial charge in [-0.3, -0.25) is 4.79 Å². The van der Waals surface area contributed by atoms with Crippen molar-refractivity contribution in [1.29, 1.82) is 0 Å². The SMILES string of the molecule is CCOC(=O)c1c(NC(=O)COc2ccc(Cl)cc2Br)sc(C)c1-c1ccccc1. The first kappa shape index (κ1) is 22.3. The summed E-state index contributed by atoms with van der Waals surface area (Å²) in [6.45, 7) is 3.67. The Hall–Kier alpha value is -2.35. The van der Waals surface area contributed by atoms with Gasteiger partial charge in [0.25, 0.3) is 5.91 Å². The molecule has 1 amide bonds. The number of carbonyl (C=O) groups is 2. The van der Waals surface area contributed by atoms with Gasteiger partial charge in [0.1, 0.15) is 16.3 Å². The lowest BCUT2D eigenvalue weighted by atomic mass is 10.0. The standard InChI is InChI=1S/C22H19BrClNO4S/c1-3-28-22(27)20-19(14-7-5-4-6-8-14)13(2)30-21(20)25-18(26)12-29-17-10-9-15(24)11-16(17)23/h4-11H,3,12H2,1-2H3,(H,25,26). The Bertz CT molecular complexity index is 1070. The minimum absolute atomic E-state index is 0.222. The third-order valence-corrected chi connectivity index (χ3v) is 6.01. The first-order valence-corrected chi connectivity index (χ1v) is 11.1. The number of halogens is 2. The number of hydrogen-bond acceptors (Lipinski definition) is 5. The van der Waals surface area contributed by atoms with Crippen LogP contribution in [0.2, 0.25) is 5.02 Å². The molecule has 8 heteroatoms. The van der Waals surface area contributed by atoms with Crippen LogP contribution >= 0.6 is 38.9 Å². The number of anilines is 1. The summed E-state index contributed by atoms with van der Waals surface area (Å²) in [6.07, 6.45) is 0. The second-order valence-electron chi connectivity index (χ2n) is 6.24. The molecule has 1 heterocycles. The lowest BCUT2D eigenvalue weighted by molar-refractivity contribution is -0.118. The van der Waals surface area contributed by atoms with E-state index in [4.69, 9.17) is 21.1 Å². The second kappa shape index (κ2) is 10.1. The largest absolute Gasteiger partial charge is 0.483 e. The van der Waals surface area contributed by atoms with Gasteiger partial charge in [-0.15, -0.1) is 11.3 Å². The van der Waals surface area contributed by atoms with Crippen molar-refractivity contribution in [3.8, 4) is 16.9 Å². The van der Waals surface area contributed by atoms with Crippen molar-refractivity contribution < 1.29 is 19.1 Å². The molecule has 3 aromatic rings. The predicted octanol–water partition coefficient (Wildman–Crippen LogP) is 6.33. The van der Waals surface area contributed by atoms with Gasteiger partial charge in [-0.25, -0.2) is 4.79 Å². The van der Waals surface area contributed by atoms with Crippen LogP contribution in [0.4, 0.5) is 5.00 Å². The Kier molecular flexibility index (Phi) is 7.53. The normalized spacial score (nSPS) is 10.5. The van der Waals surface area contributed by atoms with Crippen LogP contribution in [0.25, 0.3) is 11.1 Å². The van der Waals surface area contributed by atoms with E-state index in [9.17, 15) is 9.59 Å². The molecule has 1 N–H and O–H groups in total. The lowest BCUT2D eigenvalue weighted by Crippen LogP contribution is -2.21. The molecule has 0 atom stereocenters. The first-order chi connectivity index (χ1) is 14.4. The molecule has 0 saturated heterocycles. The van der Waals surface area contributed by atoms with E-state index >= 15 is 0 Å². The fourth-order valence-electron chi connectivity index (χ4n) is 2.88. The molecule has 0 aliphatic rings. The van der Waals surface area contributed by atoms with Crippen molar-refractivity contribution >= 4 is 55.7 Å². The number of amides is 1. The molecule has 0 bridgehead atoms. The van der Waals surface area contributed by atoms with Gasteiger partial charge in [-0.05, 0) is 53.5 Å². The zero-order valence-electron chi connectivity index (χ0n) is 16.3. The predicted molar refractivity (Wildman–Crippen MR) is 124 cm³/mol. The van der Waals surface area contributed by atoms with Crippen molar-refractivity contribution in [3.05, 3.63) is 68.5 Å². The molecule has 0 fully saturated rings. The Labute approximate surface area is 192 Å². The molecule has 5 nitrogen and oxygen atoms in total. The Balaban J connectivity index is 1.84. The Morgan fingerprint density at radius 1 is 1.17 bits per heavy atom. The molecule has 0 saturated carbocycles. The van der Waals surface area contributed by atoms with Gasteiger partial charge in [-0.2, -0.15) is 0 Å². The zero-order chi connectivity index (χ0) is 21.7. The van der Waals surface area contributed by atoms with E-state index in [1.54, 1.807) is 25.1 Å². The van der Waals surface area contributed by atoms with E-state index in [1.165, 1.54) is 11.3 Å². The van der Waals surface area contributed by atoms with E-state index in [0.717, 1.165) is 16.0 Å². The minimum atomic E-state index is -0.475. The van der Waals surface area contributed by atoms with Crippen LogP contribution in [-0.4, -0.2) is 25.1 Å². The zero-order valence-corrected chi connectivity index (χ0v) is 19.5. The van der Waals surface area contributed by atoms with Crippen LogP contribution in [-0.2, 0) is 9.53 Å². The molecule has 0 radical (unpaired) electrons. The number of hydrogen-bond donors (Lipinski definition) is 1. The van der Waals surface area contributed by atoms with Gasteiger partial charge >= 0.3 is 5.97 Å². The Morgan fingerprint density at radius 2 is 1.90 bits per heavy atom. The van der Waals surface area contributed by atoms with Crippen LogP contribution in [0.5, 0.6) is 5.75 Å². The summed E-state index contributed by atoms with van der Waals surface area (Å²) < 4.78 is 11.5. The highest BCUT2D eigenvalue weighted by molar-refractivity contribution is 9.10. The quantitative estimate of drug-likeness (QED) is 0.379. The van der Waals surface area contributed by atoms with E-state index in [2.05, 4.69) is 21.2 Å². The van der Waals surface area contributed by atoms with Crippen LogP contribution < -0.4 is 10.1 Å². The van der Waals surface area contributed by atoms with Gasteiger partial charge in [-0.1, -0.05) is 41.9 Å². The van der Waals surface area contributed by atoms with Crippen molar-refractivity contribution in [2.45, 2.75) is 13.8 Å². The number of nitrogens with one attached hydrogen (secondary N) is 1. The number of carbonyl (C=O) groups excluding carboxylic acids is 2. The molecule has 1 aromatic heterocycles. The molecule has 156 valence electrons. The average molecular weight is 509 g/mol. The number of esters is 1. The van der Waals surface area contributed by atoms with Crippen molar-refractivity contribution in [2.24, 2.45) is 0 Å². The number of rotatable bonds is 7. The van der Waals surface area contributed by atoms with Crippen LogP contribution in [0.3, 0.4) is 0 Å². The summed E-state index contributed by atoms with van der Waals surface area (Å²) in [7, 11) is 0. The van der Waals surface area contributed by atoms with E-state index in [1.807, 2.05) is 37.3 Å². The summed E-state index contributed by atoms with van der Waals surface area (Å²) in [6, 6.07) is 14.6. The van der Waals surface area contributed by atoms with Gasteiger partial charge in [0, 0.05) is 15.5 Å². The van der Waals surface area contributed by atoms with Gasteiger partial charge in [0.05, 0.1) is 11.1 Å². The maximum absolute atomic E-state index is 12.7. The Morgan fingerprint density at radius 3 is 2.57 bits per heavy atom. The minimum Gasteiger partial charge on any atom is -0.483 e. The topological polar surface area (TPSA) is 64.6 Å².